The molecule has 9 aromatic carbocycles. The first kappa shape index (κ1) is 45.6. The van der Waals surface area contributed by atoms with Crippen LogP contribution in [0.15, 0.2) is 212 Å². The number of rotatable bonds is 9. The van der Waals surface area contributed by atoms with E-state index >= 15 is 0 Å². The summed E-state index contributed by atoms with van der Waals surface area (Å²) in [6.07, 6.45) is 1.70. The van der Waals surface area contributed by atoms with Gasteiger partial charge in [-0.15, -0.1) is 48.1 Å². The van der Waals surface area contributed by atoms with Crippen LogP contribution in [0, 0.1) is 25.7 Å². The molecule has 5 nitrogen and oxygen atoms in total. The van der Waals surface area contributed by atoms with Gasteiger partial charge in [0.05, 0.1) is 0 Å². The average Bonchev–Trinajstić information content (AvgIpc) is 3.98. The number of anilines is 4. The summed E-state index contributed by atoms with van der Waals surface area (Å²) in [5.74, 6) is 1.44. The van der Waals surface area contributed by atoms with Crippen LogP contribution in [0.2, 0.25) is 0 Å². The Morgan fingerprint density at radius 3 is 1.68 bits per heavy atom. The summed E-state index contributed by atoms with van der Waals surface area (Å²) in [5.41, 5.74) is 16.1. The molecule has 6 heteroatoms. The maximum atomic E-state index is 8.81. The van der Waals surface area contributed by atoms with Crippen molar-refractivity contribution in [3.05, 3.63) is 248 Å². The molecule has 11 aromatic rings. The molecule has 0 amide bonds. The zero-order chi connectivity index (χ0) is 53.2. The Labute approximate surface area is 460 Å². The first-order valence-corrected chi connectivity index (χ1v) is 25.3. The van der Waals surface area contributed by atoms with Gasteiger partial charge in [-0.25, -0.2) is 4.98 Å². The minimum Gasteiger partial charge on any atom is -0.509 e. The van der Waals surface area contributed by atoms with Crippen molar-refractivity contribution >= 4 is 44.6 Å². The SMILES string of the molecule is [2H]C([2H])([2H])c1cc(-n2c3[c-]c(Oc4[c-]c(N5[CH-]N(c6c(-c7ccccc7)cccc6-c6ccccc6)c6ccccc65)ccc4)ccc3c3cc(-c4ccc(C(C)(C)C)cc4)ccc32)ncc1-c1ccc(C(C)(C)C)cc1.[Pt]. The van der Waals surface area contributed by atoms with Gasteiger partial charge in [-0.05, 0) is 91.8 Å². The third kappa shape index (κ3) is 9.36. The molecule has 0 saturated heterocycles. The molecule has 0 aliphatic carbocycles. The van der Waals surface area contributed by atoms with Crippen molar-refractivity contribution in [2.24, 2.45) is 0 Å². The smallest absolute Gasteiger partial charge is 0.135 e. The molecule has 1 aliphatic rings. The van der Waals surface area contributed by atoms with E-state index in [9.17, 15) is 0 Å². The van der Waals surface area contributed by atoms with E-state index in [2.05, 4.69) is 234 Å². The molecule has 3 heterocycles. The number of ether oxygens (including phenoxy) is 1. The van der Waals surface area contributed by atoms with Crippen molar-refractivity contribution in [1.82, 2.24) is 9.55 Å². The molecule has 0 unspecified atom stereocenters. The van der Waals surface area contributed by atoms with E-state index in [0.717, 1.165) is 78.0 Å². The van der Waals surface area contributed by atoms with Crippen LogP contribution >= 0.6 is 0 Å². The Balaban J connectivity index is 0.00000645. The van der Waals surface area contributed by atoms with E-state index in [1.807, 2.05) is 41.0 Å². The van der Waals surface area contributed by atoms with E-state index in [0.29, 0.717) is 28.4 Å². The van der Waals surface area contributed by atoms with Gasteiger partial charge in [0.2, 0.25) is 0 Å². The van der Waals surface area contributed by atoms with Gasteiger partial charge in [0.1, 0.15) is 5.82 Å². The summed E-state index contributed by atoms with van der Waals surface area (Å²) >= 11 is 0. The Kier molecular flexibility index (Phi) is 12.0. The van der Waals surface area contributed by atoms with Crippen molar-refractivity contribution in [3.8, 4) is 61.8 Å². The van der Waals surface area contributed by atoms with Crippen molar-refractivity contribution in [1.29, 1.82) is 0 Å². The normalized spacial score (nSPS) is 13.3. The van der Waals surface area contributed by atoms with Gasteiger partial charge in [0, 0.05) is 82.1 Å². The van der Waals surface area contributed by atoms with Gasteiger partial charge in [0.15, 0.2) is 0 Å². The van der Waals surface area contributed by atoms with E-state index in [4.69, 9.17) is 13.8 Å². The molecular weight excluding hydrogens is 1100 g/mol. The summed E-state index contributed by atoms with van der Waals surface area (Å²) in [5, 5.41) is 1.90. The maximum absolute atomic E-state index is 8.81. The monoisotopic (exact) mass is 1160 g/mol. The summed E-state index contributed by atoms with van der Waals surface area (Å²) in [6, 6.07) is 78.2. The van der Waals surface area contributed by atoms with E-state index < -0.39 is 6.85 Å². The van der Waals surface area contributed by atoms with Crippen LogP contribution in [-0.4, -0.2) is 9.55 Å². The first-order chi connectivity index (χ1) is 37.1. The number of hydrogen-bond donors (Lipinski definition) is 0. The molecule has 75 heavy (non-hydrogen) atoms. The second kappa shape index (κ2) is 19.7. The van der Waals surface area contributed by atoms with Crippen LogP contribution in [0.3, 0.4) is 0 Å². The van der Waals surface area contributed by atoms with Crippen molar-refractivity contribution < 1.29 is 29.9 Å². The number of aryl methyl sites for hydroxylation is 1. The van der Waals surface area contributed by atoms with Crippen molar-refractivity contribution in [3.63, 3.8) is 0 Å². The van der Waals surface area contributed by atoms with Crippen LogP contribution in [0.25, 0.3) is 72.1 Å². The molecule has 0 fully saturated rings. The predicted octanol–water partition coefficient (Wildman–Crippen LogP) is 18.5. The quantitative estimate of drug-likeness (QED) is 0.135. The standard InChI is InChI=1S/C69H57N4O.Pt/c1-46-40-66(70-44-61(46)50-30-35-53(36-31-50)69(5,6)7)73-62-39-32-51(47-28-33-52(34-29-47)68(2,3)4)41-60(62)59-38-37-56(43-65(59)73)74-55-23-16-22-54(42-55)71-45-72(64-27-15-14-26-63(64)71)67-57(48-18-10-8-11-19-48)24-17-25-58(67)49-20-12-9-13-21-49;/h8-41,44-45H,1-7H3;/q-3;/i1D3;. The largest absolute Gasteiger partial charge is 0.509 e. The maximum Gasteiger partial charge on any atom is 0.135 e. The molecule has 372 valence electrons. The fraction of sp³-hybridized carbons (Fsp3) is 0.130. The number of pyridine rings is 1. The fourth-order valence-electron chi connectivity index (χ4n) is 10.3. The van der Waals surface area contributed by atoms with Gasteiger partial charge >= 0.3 is 0 Å². The molecule has 12 rings (SSSR count). The zero-order valence-electron chi connectivity index (χ0n) is 45.8. The van der Waals surface area contributed by atoms with Crippen LogP contribution in [0.4, 0.5) is 22.7 Å². The Hall–Kier alpha value is -7.98. The molecule has 0 spiro atoms. The number of hydrogen-bond acceptors (Lipinski definition) is 4. The summed E-state index contributed by atoms with van der Waals surface area (Å²) in [4.78, 5) is 9.50. The zero-order valence-corrected chi connectivity index (χ0v) is 45.1. The first-order valence-electron chi connectivity index (χ1n) is 26.8. The minimum atomic E-state index is -2.43. The average molecular weight is 1160 g/mol. The van der Waals surface area contributed by atoms with Crippen LogP contribution < -0.4 is 14.5 Å². The van der Waals surface area contributed by atoms with Crippen LogP contribution in [0.1, 0.15) is 62.3 Å². The third-order valence-electron chi connectivity index (χ3n) is 14.2. The minimum absolute atomic E-state index is 0. The topological polar surface area (TPSA) is 33.5 Å². The van der Waals surface area contributed by atoms with Crippen LogP contribution in [-0.2, 0) is 31.9 Å². The third-order valence-corrected chi connectivity index (χ3v) is 14.2. The number of nitrogens with zero attached hydrogens (tertiary/aromatic N) is 4. The number of benzene rings is 9. The van der Waals surface area contributed by atoms with Gasteiger partial charge in [-0.2, -0.15) is 12.1 Å². The van der Waals surface area contributed by atoms with Gasteiger partial charge in [0.25, 0.3) is 0 Å². The van der Waals surface area contributed by atoms with E-state index in [1.54, 1.807) is 12.3 Å². The second-order valence-corrected chi connectivity index (χ2v) is 21.2. The van der Waals surface area contributed by atoms with Crippen molar-refractivity contribution in [2.75, 3.05) is 9.80 Å². The number of fused-ring (bicyclic) bond motifs is 4. The Bertz CT molecular complexity index is 3930. The summed E-state index contributed by atoms with van der Waals surface area (Å²) in [7, 11) is 0. The van der Waals surface area contributed by atoms with Gasteiger partial charge < -0.3 is 19.1 Å². The Morgan fingerprint density at radius 2 is 1.05 bits per heavy atom. The van der Waals surface area contributed by atoms with E-state index in [-0.39, 0.29) is 37.5 Å². The summed E-state index contributed by atoms with van der Waals surface area (Å²) in [6.45, 7) is 12.9. The molecule has 0 bridgehead atoms. The molecule has 0 N–H and O–H groups in total. The number of para-hydroxylation sites is 3. The molecule has 2 aromatic heterocycles. The molecule has 0 atom stereocenters. The molecule has 1 aliphatic heterocycles. The summed E-state index contributed by atoms with van der Waals surface area (Å²) < 4.78 is 35.2. The predicted molar refractivity (Wildman–Crippen MR) is 308 cm³/mol. The fourth-order valence-corrected chi connectivity index (χ4v) is 10.3. The van der Waals surface area contributed by atoms with Crippen molar-refractivity contribution in [2.45, 2.75) is 59.2 Å². The molecular formula is C69H57N4OPt-3. The molecule has 0 radical (unpaired) electrons. The Morgan fingerprint density at radius 1 is 0.493 bits per heavy atom. The van der Waals surface area contributed by atoms with E-state index in [1.165, 1.54) is 11.1 Å². The van der Waals surface area contributed by atoms with Crippen LogP contribution in [0.5, 0.6) is 11.5 Å². The molecule has 0 saturated carbocycles. The number of aromatic nitrogens is 2. The van der Waals surface area contributed by atoms with Gasteiger partial charge in [-0.1, -0.05) is 199 Å². The second-order valence-electron chi connectivity index (χ2n) is 21.2. The van der Waals surface area contributed by atoms with Gasteiger partial charge in [-0.3, -0.25) is 0 Å².